The molecule has 32 heavy (non-hydrogen) atoms. The smallest absolute Gasteiger partial charge is 0.157 e. The number of ether oxygens (including phenoxy) is 2. The van der Waals surface area contributed by atoms with Gasteiger partial charge in [-0.05, 0) is 59.9 Å². The zero-order valence-electron chi connectivity index (χ0n) is 18.8. The normalized spacial score (nSPS) is 18.8. The van der Waals surface area contributed by atoms with E-state index < -0.39 is 0 Å². The highest BCUT2D eigenvalue weighted by Crippen LogP contribution is 2.25. The summed E-state index contributed by atoms with van der Waals surface area (Å²) in [6, 6.07) is 17.7. The van der Waals surface area contributed by atoms with Gasteiger partial charge in [0.15, 0.2) is 6.29 Å². The van der Waals surface area contributed by atoms with Crippen LogP contribution in [0.15, 0.2) is 54.6 Å². The van der Waals surface area contributed by atoms with E-state index in [4.69, 9.17) is 21.1 Å². The van der Waals surface area contributed by atoms with Gasteiger partial charge in [-0.15, -0.1) is 0 Å². The Morgan fingerprint density at radius 1 is 0.875 bits per heavy atom. The molecule has 1 aliphatic heterocycles. The summed E-state index contributed by atoms with van der Waals surface area (Å²) in [6.45, 7) is 3.81. The Balaban J connectivity index is 1.33. The maximum absolute atomic E-state index is 15.1. The average molecular weight is 455 g/mol. The lowest BCUT2D eigenvalue weighted by Gasteiger charge is -2.29. The van der Waals surface area contributed by atoms with Crippen LogP contribution in [-0.4, -0.2) is 19.5 Å². The zero-order chi connectivity index (χ0) is 22.3. The number of unbranched alkanes of at least 4 members (excludes halogenated alkanes) is 1. The van der Waals surface area contributed by atoms with Crippen LogP contribution in [0.25, 0.3) is 10.8 Å². The van der Waals surface area contributed by atoms with Crippen molar-refractivity contribution in [2.24, 2.45) is 5.92 Å². The maximum atomic E-state index is 15.1. The minimum Gasteiger partial charge on any atom is -0.352 e. The summed E-state index contributed by atoms with van der Waals surface area (Å²) in [7, 11) is 0. The van der Waals surface area contributed by atoms with Crippen LogP contribution in [0.3, 0.4) is 0 Å². The van der Waals surface area contributed by atoms with E-state index >= 15 is 4.39 Å². The minimum absolute atomic E-state index is 0.111. The topological polar surface area (TPSA) is 18.5 Å². The summed E-state index contributed by atoms with van der Waals surface area (Å²) >= 11 is 5.95. The molecule has 2 nitrogen and oxygen atoms in total. The van der Waals surface area contributed by atoms with Crippen molar-refractivity contribution < 1.29 is 13.9 Å². The first kappa shape index (κ1) is 23.2. The Kier molecular flexibility index (Phi) is 8.18. The lowest BCUT2D eigenvalue weighted by molar-refractivity contribution is -0.203. The fourth-order valence-electron chi connectivity index (χ4n) is 4.36. The molecular formula is C28H32ClFO2. The molecule has 0 aliphatic carbocycles. The van der Waals surface area contributed by atoms with E-state index in [0.29, 0.717) is 17.7 Å². The third-order valence-corrected chi connectivity index (χ3v) is 6.62. The molecule has 0 radical (unpaired) electrons. The maximum Gasteiger partial charge on any atom is 0.157 e. The number of benzene rings is 3. The van der Waals surface area contributed by atoms with E-state index in [1.807, 2.05) is 48.5 Å². The molecular weight excluding hydrogens is 423 g/mol. The second-order valence-electron chi connectivity index (χ2n) is 8.86. The van der Waals surface area contributed by atoms with Crippen molar-refractivity contribution in [1.82, 2.24) is 0 Å². The minimum atomic E-state index is -0.129. The van der Waals surface area contributed by atoms with Crippen LogP contribution >= 0.6 is 11.6 Å². The quantitative estimate of drug-likeness (QED) is 0.332. The Morgan fingerprint density at radius 2 is 1.62 bits per heavy atom. The van der Waals surface area contributed by atoms with Crippen molar-refractivity contribution in [3.8, 4) is 0 Å². The first-order valence-corrected chi connectivity index (χ1v) is 12.2. The van der Waals surface area contributed by atoms with E-state index in [0.717, 1.165) is 54.0 Å². The second kappa shape index (κ2) is 11.3. The summed E-state index contributed by atoms with van der Waals surface area (Å²) in [4.78, 5) is 0. The third-order valence-electron chi connectivity index (χ3n) is 6.37. The van der Waals surface area contributed by atoms with Crippen molar-refractivity contribution in [2.45, 2.75) is 58.2 Å². The van der Waals surface area contributed by atoms with E-state index in [9.17, 15) is 0 Å². The lowest BCUT2D eigenvalue weighted by atomic mass is 9.98. The van der Waals surface area contributed by atoms with Crippen molar-refractivity contribution in [3.05, 3.63) is 82.1 Å². The van der Waals surface area contributed by atoms with Gasteiger partial charge in [0.2, 0.25) is 0 Å². The lowest BCUT2D eigenvalue weighted by Crippen LogP contribution is -2.32. The Bertz CT molecular complexity index is 1010. The molecule has 0 amide bonds. The molecule has 1 heterocycles. The van der Waals surface area contributed by atoms with E-state index in [1.165, 1.54) is 24.8 Å². The molecule has 4 rings (SSSR count). The number of fused-ring (bicyclic) bond motifs is 1. The summed E-state index contributed by atoms with van der Waals surface area (Å²) in [6.07, 6.45) is 6.65. The van der Waals surface area contributed by atoms with Gasteiger partial charge in [0.05, 0.1) is 13.2 Å². The van der Waals surface area contributed by atoms with Crippen molar-refractivity contribution in [2.75, 3.05) is 13.2 Å². The molecule has 0 aromatic heterocycles. The van der Waals surface area contributed by atoms with Gasteiger partial charge < -0.3 is 9.47 Å². The highest BCUT2D eigenvalue weighted by molar-refractivity contribution is 6.30. The van der Waals surface area contributed by atoms with Crippen LogP contribution in [0.5, 0.6) is 0 Å². The Hall–Kier alpha value is -1.94. The van der Waals surface area contributed by atoms with Crippen molar-refractivity contribution >= 4 is 22.4 Å². The molecule has 3 aromatic carbocycles. The van der Waals surface area contributed by atoms with E-state index in [1.54, 1.807) is 0 Å². The molecule has 0 N–H and O–H groups in total. The van der Waals surface area contributed by atoms with Crippen LogP contribution in [0.2, 0.25) is 5.02 Å². The van der Waals surface area contributed by atoms with Crippen LogP contribution in [0.4, 0.5) is 4.39 Å². The molecule has 0 bridgehead atoms. The number of rotatable bonds is 9. The van der Waals surface area contributed by atoms with Crippen molar-refractivity contribution in [1.29, 1.82) is 0 Å². The molecule has 0 spiro atoms. The summed E-state index contributed by atoms with van der Waals surface area (Å²) in [5.41, 5.74) is 3.10. The van der Waals surface area contributed by atoms with Gasteiger partial charge in [0.1, 0.15) is 5.82 Å². The summed E-state index contributed by atoms with van der Waals surface area (Å²) in [5.74, 6) is 0.420. The van der Waals surface area contributed by atoms with E-state index in [2.05, 4.69) is 13.0 Å². The number of halogens is 2. The molecule has 170 valence electrons. The van der Waals surface area contributed by atoms with Gasteiger partial charge in [0.25, 0.3) is 0 Å². The Labute approximate surface area is 195 Å². The first-order chi connectivity index (χ1) is 15.6. The van der Waals surface area contributed by atoms with Gasteiger partial charge in [0, 0.05) is 22.7 Å². The molecule has 3 aromatic rings. The fourth-order valence-corrected chi connectivity index (χ4v) is 4.48. The van der Waals surface area contributed by atoms with Crippen molar-refractivity contribution in [3.63, 3.8) is 0 Å². The summed E-state index contributed by atoms with van der Waals surface area (Å²) in [5, 5.41) is 2.35. The van der Waals surface area contributed by atoms with Gasteiger partial charge in [-0.1, -0.05) is 73.8 Å². The highest BCUT2D eigenvalue weighted by atomic mass is 35.5. The largest absolute Gasteiger partial charge is 0.352 e. The van der Waals surface area contributed by atoms with Gasteiger partial charge in [-0.2, -0.15) is 0 Å². The number of hydrogen-bond acceptors (Lipinski definition) is 2. The predicted octanol–water partition coefficient (Wildman–Crippen LogP) is 7.53. The van der Waals surface area contributed by atoms with Crippen LogP contribution in [-0.2, 0) is 28.7 Å². The average Bonchev–Trinajstić information content (AvgIpc) is 2.82. The van der Waals surface area contributed by atoms with Gasteiger partial charge >= 0.3 is 0 Å². The number of hydrogen-bond donors (Lipinski definition) is 0. The molecule has 1 fully saturated rings. The van der Waals surface area contributed by atoms with E-state index in [-0.39, 0.29) is 12.1 Å². The first-order valence-electron chi connectivity index (χ1n) is 11.8. The molecule has 1 aliphatic rings. The zero-order valence-corrected chi connectivity index (χ0v) is 19.5. The predicted molar refractivity (Wildman–Crippen MR) is 130 cm³/mol. The molecule has 0 atom stereocenters. The third kappa shape index (κ3) is 6.10. The van der Waals surface area contributed by atoms with Crippen LogP contribution in [0, 0.1) is 11.7 Å². The molecule has 0 unspecified atom stereocenters. The Morgan fingerprint density at radius 3 is 2.38 bits per heavy atom. The van der Waals surface area contributed by atoms with Crippen LogP contribution < -0.4 is 0 Å². The molecule has 0 saturated carbocycles. The van der Waals surface area contributed by atoms with Gasteiger partial charge in [-0.25, -0.2) is 4.39 Å². The number of aryl methyl sites for hydroxylation is 3. The SMILES string of the molecule is CCCCC1COC(CCc2ccc3c(F)c(CCc4ccc(Cl)cc4)ccc3c2)OC1. The standard InChI is InChI=1S/C28H32ClFO2/c1-2-3-4-22-18-31-27(32-19-22)16-9-21-8-15-26-24(17-21)12-11-23(28(26)30)10-5-20-6-13-25(29)14-7-20/h6-8,11-15,17,22,27H,2-5,9-10,16,18-19H2,1H3. The summed E-state index contributed by atoms with van der Waals surface area (Å²) < 4.78 is 26.9. The highest BCUT2D eigenvalue weighted by Gasteiger charge is 2.21. The van der Waals surface area contributed by atoms with Crippen LogP contribution in [0.1, 0.15) is 49.3 Å². The van der Waals surface area contributed by atoms with Gasteiger partial charge in [-0.3, -0.25) is 0 Å². The monoisotopic (exact) mass is 454 g/mol. The fraction of sp³-hybridized carbons (Fsp3) is 0.429. The molecule has 1 saturated heterocycles. The second-order valence-corrected chi connectivity index (χ2v) is 9.30. The molecule has 4 heteroatoms.